The SMILES string of the molecule is O=C(CCCc1cccc(Br)c1)c1ccc(I)cc1. The van der Waals surface area contributed by atoms with Gasteiger partial charge in [-0.1, -0.05) is 40.2 Å². The quantitative estimate of drug-likeness (QED) is 0.469. The maximum atomic E-state index is 12.0. The number of ketones is 1. The summed E-state index contributed by atoms with van der Waals surface area (Å²) in [4.78, 5) is 12.0. The number of hydrogen-bond donors (Lipinski definition) is 0. The minimum atomic E-state index is 0.228. The van der Waals surface area contributed by atoms with Crippen LogP contribution in [-0.2, 0) is 6.42 Å². The Kier molecular flexibility index (Phi) is 5.58. The van der Waals surface area contributed by atoms with Gasteiger partial charge in [-0.15, -0.1) is 0 Å². The summed E-state index contributed by atoms with van der Waals surface area (Å²) >= 11 is 5.70. The molecule has 0 saturated carbocycles. The highest BCUT2D eigenvalue weighted by Gasteiger charge is 2.05. The van der Waals surface area contributed by atoms with Gasteiger partial charge in [0, 0.05) is 20.0 Å². The first-order chi connectivity index (χ1) is 9.15. The molecule has 0 fully saturated rings. The van der Waals surface area contributed by atoms with Gasteiger partial charge in [0.25, 0.3) is 0 Å². The molecule has 19 heavy (non-hydrogen) atoms. The summed E-state index contributed by atoms with van der Waals surface area (Å²) in [6, 6.07) is 16.0. The third-order valence-corrected chi connectivity index (χ3v) is 4.14. The molecule has 2 aromatic carbocycles. The normalized spacial score (nSPS) is 10.4. The largest absolute Gasteiger partial charge is 0.294 e. The van der Waals surface area contributed by atoms with E-state index in [9.17, 15) is 4.79 Å². The van der Waals surface area contributed by atoms with E-state index < -0.39 is 0 Å². The van der Waals surface area contributed by atoms with E-state index in [2.05, 4.69) is 50.7 Å². The lowest BCUT2D eigenvalue weighted by atomic mass is 10.0. The van der Waals surface area contributed by atoms with Crippen LogP contribution in [0.1, 0.15) is 28.8 Å². The van der Waals surface area contributed by atoms with Gasteiger partial charge >= 0.3 is 0 Å². The summed E-state index contributed by atoms with van der Waals surface area (Å²) in [5.41, 5.74) is 2.08. The number of aryl methyl sites for hydroxylation is 1. The average Bonchev–Trinajstić information content (AvgIpc) is 2.39. The predicted molar refractivity (Wildman–Crippen MR) is 90.6 cm³/mol. The molecule has 98 valence electrons. The van der Waals surface area contributed by atoms with Gasteiger partial charge < -0.3 is 0 Å². The van der Waals surface area contributed by atoms with Crippen LogP contribution in [0.4, 0.5) is 0 Å². The number of hydrogen-bond acceptors (Lipinski definition) is 1. The van der Waals surface area contributed by atoms with Crippen LogP contribution >= 0.6 is 38.5 Å². The molecule has 0 aliphatic carbocycles. The van der Waals surface area contributed by atoms with E-state index in [1.54, 1.807) is 0 Å². The Morgan fingerprint density at radius 1 is 1.11 bits per heavy atom. The third-order valence-electron chi connectivity index (χ3n) is 2.92. The van der Waals surface area contributed by atoms with Crippen LogP contribution in [0.2, 0.25) is 0 Å². The number of benzene rings is 2. The fourth-order valence-corrected chi connectivity index (χ4v) is 2.73. The van der Waals surface area contributed by atoms with Crippen molar-refractivity contribution < 1.29 is 4.79 Å². The Balaban J connectivity index is 1.86. The van der Waals surface area contributed by atoms with Gasteiger partial charge in [0.15, 0.2) is 5.78 Å². The Morgan fingerprint density at radius 2 is 1.84 bits per heavy atom. The van der Waals surface area contributed by atoms with Gasteiger partial charge in [0.2, 0.25) is 0 Å². The van der Waals surface area contributed by atoms with Crippen molar-refractivity contribution in [3.8, 4) is 0 Å². The van der Waals surface area contributed by atoms with Crippen LogP contribution in [0, 0.1) is 3.57 Å². The van der Waals surface area contributed by atoms with Crippen LogP contribution in [0.25, 0.3) is 0 Å². The molecule has 0 radical (unpaired) electrons. The summed E-state index contributed by atoms with van der Waals surface area (Å²) in [6.07, 6.45) is 2.43. The summed E-state index contributed by atoms with van der Waals surface area (Å²) in [5.74, 6) is 0.228. The molecule has 0 bridgehead atoms. The maximum absolute atomic E-state index is 12.0. The van der Waals surface area contributed by atoms with Crippen molar-refractivity contribution in [3.05, 3.63) is 67.7 Å². The zero-order valence-electron chi connectivity index (χ0n) is 10.4. The van der Waals surface area contributed by atoms with Crippen molar-refractivity contribution in [1.82, 2.24) is 0 Å². The van der Waals surface area contributed by atoms with E-state index in [-0.39, 0.29) is 5.78 Å². The number of carbonyl (C=O) groups excluding carboxylic acids is 1. The van der Waals surface area contributed by atoms with Crippen molar-refractivity contribution in [1.29, 1.82) is 0 Å². The second kappa shape index (κ2) is 7.20. The predicted octanol–water partition coefficient (Wildman–Crippen LogP) is 5.26. The summed E-state index contributed by atoms with van der Waals surface area (Å²) in [5, 5.41) is 0. The van der Waals surface area contributed by atoms with E-state index in [0.717, 1.165) is 26.4 Å². The number of Topliss-reactive ketones (excluding diaryl/α,β-unsaturated/α-hetero) is 1. The molecule has 0 unspecified atom stereocenters. The molecule has 3 heteroatoms. The molecule has 0 spiro atoms. The van der Waals surface area contributed by atoms with Crippen molar-refractivity contribution in [3.63, 3.8) is 0 Å². The lowest BCUT2D eigenvalue weighted by Crippen LogP contribution is -2.00. The van der Waals surface area contributed by atoms with Crippen LogP contribution in [0.3, 0.4) is 0 Å². The lowest BCUT2D eigenvalue weighted by molar-refractivity contribution is 0.0980. The fourth-order valence-electron chi connectivity index (χ4n) is 1.93. The molecule has 0 saturated heterocycles. The molecule has 0 N–H and O–H groups in total. The topological polar surface area (TPSA) is 17.1 Å². The zero-order chi connectivity index (χ0) is 13.7. The molecule has 2 rings (SSSR count). The highest BCUT2D eigenvalue weighted by Crippen LogP contribution is 2.15. The number of halogens is 2. The average molecular weight is 429 g/mol. The second-order valence-electron chi connectivity index (χ2n) is 4.41. The summed E-state index contributed by atoms with van der Waals surface area (Å²) < 4.78 is 2.25. The van der Waals surface area contributed by atoms with E-state index in [0.29, 0.717) is 6.42 Å². The van der Waals surface area contributed by atoms with Gasteiger partial charge in [-0.25, -0.2) is 0 Å². The molecule has 0 aliphatic heterocycles. The summed E-state index contributed by atoms with van der Waals surface area (Å²) in [7, 11) is 0. The second-order valence-corrected chi connectivity index (χ2v) is 6.57. The first kappa shape index (κ1) is 14.7. The van der Waals surface area contributed by atoms with Crippen LogP contribution in [-0.4, -0.2) is 5.78 Å². The minimum absolute atomic E-state index is 0.228. The van der Waals surface area contributed by atoms with Gasteiger partial charge in [0.1, 0.15) is 0 Å². The van der Waals surface area contributed by atoms with E-state index in [4.69, 9.17) is 0 Å². The van der Waals surface area contributed by atoms with Gasteiger partial charge in [-0.05, 0) is 65.3 Å². The van der Waals surface area contributed by atoms with Crippen molar-refractivity contribution in [2.45, 2.75) is 19.3 Å². The van der Waals surface area contributed by atoms with Gasteiger partial charge in [0.05, 0.1) is 0 Å². The molecule has 0 aromatic heterocycles. The fraction of sp³-hybridized carbons (Fsp3) is 0.188. The molecule has 1 nitrogen and oxygen atoms in total. The first-order valence-corrected chi connectivity index (χ1v) is 8.05. The molecular formula is C16H14BrIO. The smallest absolute Gasteiger partial charge is 0.162 e. The van der Waals surface area contributed by atoms with Crippen LogP contribution in [0.15, 0.2) is 53.0 Å². The molecule has 0 heterocycles. The van der Waals surface area contributed by atoms with E-state index in [1.165, 1.54) is 5.56 Å². The van der Waals surface area contributed by atoms with Crippen molar-refractivity contribution in [2.24, 2.45) is 0 Å². The maximum Gasteiger partial charge on any atom is 0.162 e. The number of rotatable bonds is 5. The van der Waals surface area contributed by atoms with Crippen LogP contribution in [0.5, 0.6) is 0 Å². The third kappa shape index (κ3) is 4.73. The molecule has 0 amide bonds. The molecule has 0 atom stereocenters. The Bertz CT molecular complexity index is 563. The Morgan fingerprint density at radius 3 is 2.53 bits per heavy atom. The molecule has 2 aromatic rings. The van der Waals surface area contributed by atoms with Gasteiger partial charge in [-0.2, -0.15) is 0 Å². The molecule has 0 aliphatic rings. The standard InChI is InChI=1S/C16H14BrIO/c17-14-5-1-3-12(11-14)4-2-6-16(19)13-7-9-15(18)10-8-13/h1,3,5,7-11H,2,4,6H2. The Hall–Kier alpha value is -0.680. The number of carbonyl (C=O) groups is 1. The lowest BCUT2D eigenvalue weighted by Gasteiger charge is -2.03. The highest BCUT2D eigenvalue weighted by molar-refractivity contribution is 14.1. The van der Waals surface area contributed by atoms with Crippen molar-refractivity contribution in [2.75, 3.05) is 0 Å². The summed E-state index contributed by atoms with van der Waals surface area (Å²) in [6.45, 7) is 0. The van der Waals surface area contributed by atoms with E-state index in [1.807, 2.05) is 36.4 Å². The van der Waals surface area contributed by atoms with Crippen LogP contribution < -0.4 is 0 Å². The van der Waals surface area contributed by atoms with E-state index >= 15 is 0 Å². The van der Waals surface area contributed by atoms with Gasteiger partial charge in [-0.3, -0.25) is 4.79 Å². The highest BCUT2D eigenvalue weighted by atomic mass is 127. The zero-order valence-corrected chi connectivity index (χ0v) is 14.1. The Labute approximate surface area is 135 Å². The monoisotopic (exact) mass is 428 g/mol. The molecular weight excluding hydrogens is 415 g/mol. The minimum Gasteiger partial charge on any atom is -0.294 e. The first-order valence-electron chi connectivity index (χ1n) is 6.18. The van der Waals surface area contributed by atoms with Crippen molar-refractivity contribution >= 4 is 44.3 Å².